The Bertz CT molecular complexity index is 1480. The number of benzene rings is 3. The van der Waals surface area contributed by atoms with E-state index in [1.807, 2.05) is 18.2 Å². The molecule has 2 amide bonds. The summed E-state index contributed by atoms with van der Waals surface area (Å²) >= 11 is 7.10. The van der Waals surface area contributed by atoms with Crippen LogP contribution >= 0.6 is 23.4 Å². The van der Waals surface area contributed by atoms with Crippen molar-refractivity contribution in [2.45, 2.75) is 30.6 Å². The molecule has 1 fully saturated rings. The summed E-state index contributed by atoms with van der Waals surface area (Å²) in [6, 6.07) is 21.5. The minimum atomic E-state index is -0.220. The molecule has 0 unspecified atom stereocenters. The fourth-order valence-electron chi connectivity index (χ4n) is 3.70. The van der Waals surface area contributed by atoms with Crippen LogP contribution in [0.5, 0.6) is 0 Å². The Morgan fingerprint density at radius 3 is 2.44 bits per heavy atom. The highest BCUT2D eigenvalue weighted by atomic mass is 35.5. The number of hydrogen-bond donors (Lipinski definition) is 2. The zero-order chi connectivity index (χ0) is 25.1. The molecule has 3 aromatic carbocycles. The maximum atomic E-state index is 13.4. The minimum Gasteiger partial charge on any atom is -0.349 e. The minimum absolute atomic E-state index is 0.0771. The largest absolute Gasteiger partial charge is 0.349 e. The van der Waals surface area contributed by atoms with Crippen LogP contribution in [0, 0.1) is 0 Å². The van der Waals surface area contributed by atoms with Gasteiger partial charge in [-0.15, -0.1) is 0 Å². The molecule has 0 bridgehead atoms. The van der Waals surface area contributed by atoms with Gasteiger partial charge in [0.25, 0.3) is 11.5 Å². The second-order valence-electron chi connectivity index (χ2n) is 8.59. The van der Waals surface area contributed by atoms with Gasteiger partial charge in [-0.05, 0) is 66.9 Å². The molecule has 0 saturated heterocycles. The molecule has 0 aliphatic heterocycles. The number of nitrogens with zero attached hydrogens (tertiary/aromatic N) is 2. The predicted molar refractivity (Wildman–Crippen MR) is 143 cm³/mol. The van der Waals surface area contributed by atoms with Crippen LogP contribution < -0.4 is 16.2 Å². The van der Waals surface area contributed by atoms with E-state index in [2.05, 4.69) is 15.6 Å². The molecule has 1 saturated carbocycles. The van der Waals surface area contributed by atoms with E-state index >= 15 is 0 Å². The highest BCUT2D eigenvalue weighted by Gasteiger charge is 2.23. The van der Waals surface area contributed by atoms with Gasteiger partial charge in [0.1, 0.15) is 0 Å². The Hall–Kier alpha value is -3.62. The number of carbonyl (C=O) groups is 2. The maximum Gasteiger partial charge on any atom is 0.262 e. The molecular weight excluding hydrogens is 496 g/mol. The monoisotopic (exact) mass is 518 g/mol. The molecule has 182 valence electrons. The number of amides is 2. The highest BCUT2D eigenvalue weighted by Crippen LogP contribution is 2.21. The molecule has 4 aromatic rings. The van der Waals surface area contributed by atoms with Crippen molar-refractivity contribution < 1.29 is 9.59 Å². The molecule has 36 heavy (non-hydrogen) atoms. The number of para-hydroxylation sites is 1. The van der Waals surface area contributed by atoms with Crippen molar-refractivity contribution in [3.63, 3.8) is 0 Å². The number of rotatable bonds is 8. The third kappa shape index (κ3) is 5.78. The van der Waals surface area contributed by atoms with Gasteiger partial charge in [0.15, 0.2) is 5.16 Å². The maximum absolute atomic E-state index is 13.4. The van der Waals surface area contributed by atoms with Gasteiger partial charge < -0.3 is 10.6 Å². The number of nitrogens with one attached hydrogen (secondary N) is 2. The summed E-state index contributed by atoms with van der Waals surface area (Å²) in [6.45, 7) is 0.266. The van der Waals surface area contributed by atoms with Gasteiger partial charge in [-0.1, -0.05) is 47.6 Å². The molecule has 7 nitrogen and oxygen atoms in total. The van der Waals surface area contributed by atoms with Crippen molar-refractivity contribution in [3.05, 3.63) is 99.3 Å². The third-order valence-corrected chi connectivity index (χ3v) is 6.98. The lowest BCUT2D eigenvalue weighted by Crippen LogP contribution is -2.26. The standard InChI is InChI=1S/C27H23ClN4O3S/c28-19-9-11-20(12-10-19)29-24(33)16-36-27-31-23-4-2-1-3-22(23)26(35)32(27)15-17-5-7-18(8-6-17)25(34)30-21-13-14-21/h1-12,21H,13-16H2,(H,29,33)(H,30,34). The Balaban J connectivity index is 1.36. The summed E-state index contributed by atoms with van der Waals surface area (Å²) in [6.07, 6.45) is 2.06. The van der Waals surface area contributed by atoms with Crippen LogP contribution in [0.1, 0.15) is 28.8 Å². The van der Waals surface area contributed by atoms with Gasteiger partial charge in [0, 0.05) is 22.3 Å². The summed E-state index contributed by atoms with van der Waals surface area (Å²) in [4.78, 5) is 42.9. The number of aromatic nitrogens is 2. The van der Waals surface area contributed by atoms with Crippen LogP contribution in [0.2, 0.25) is 5.02 Å². The smallest absolute Gasteiger partial charge is 0.262 e. The number of hydrogen-bond acceptors (Lipinski definition) is 5. The summed E-state index contributed by atoms with van der Waals surface area (Å²) in [5, 5.41) is 7.34. The highest BCUT2D eigenvalue weighted by molar-refractivity contribution is 7.99. The van der Waals surface area contributed by atoms with Crippen LogP contribution in [0.15, 0.2) is 82.7 Å². The molecule has 0 atom stereocenters. The van der Waals surface area contributed by atoms with E-state index in [1.54, 1.807) is 59.2 Å². The number of fused-ring (bicyclic) bond motifs is 1. The van der Waals surface area contributed by atoms with Gasteiger partial charge in [-0.2, -0.15) is 0 Å². The fraction of sp³-hybridized carbons (Fsp3) is 0.185. The normalized spacial score (nSPS) is 12.9. The molecular formula is C27H23ClN4O3S. The van der Waals surface area contributed by atoms with Crippen molar-refractivity contribution in [1.29, 1.82) is 0 Å². The van der Waals surface area contributed by atoms with Gasteiger partial charge in [0.05, 0.1) is 23.2 Å². The van der Waals surface area contributed by atoms with E-state index in [4.69, 9.17) is 11.6 Å². The lowest BCUT2D eigenvalue weighted by molar-refractivity contribution is -0.113. The zero-order valence-electron chi connectivity index (χ0n) is 19.2. The number of carbonyl (C=O) groups excluding carboxylic acids is 2. The van der Waals surface area contributed by atoms with Crippen molar-refractivity contribution in [3.8, 4) is 0 Å². The summed E-state index contributed by atoms with van der Waals surface area (Å²) in [5.41, 5.74) is 2.47. The van der Waals surface area contributed by atoms with Gasteiger partial charge >= 0.3 is 0 Å². The second-order valence-corrected chi connectivity index (χ2v) is 9.97. The Labute approximate surface area is 216 Å². The predicted octanol–water partition coefficient (Wildman–Crippen LogP) is 4.72. The fourth-order valence-corrected chi connectivity index (χ4v) is 4.62. The van der Waals surface area contributed by atoms with E-state index in [9.17, 15) is 14.4 Å². The summed E-state index contributed by atoms with van der Waals surface area (Å²) in [5.74, 6) is -0.230. The van der Waals surface area contributed by atoms with Crippen LogP contribution in [-0.2, 0) is 11.3 Å². The average Bonchev–Trinajstić information content (AvgIpc) is 3.70. The van der Waals surface area contributed by atoms with Gasteiger partial charge in [0.2, 0.25) is 5.91 Å². The van der Waals surface area contributed by atoms with E-state index in [0.717, 1.165) is 18.4 Å². The lowest BCUT2D eigenvalue weighted by Gasteiger charge is -2.14. The summed E-state index contributed by atoms with van der Waals surface area (Å²) < 4.78 is 1.57. The Morgan fingerprint density at radius 2 is 1.72 bits per heavy atom. The van der Waals surface area contributed by atoms with Crippen LogP contribution in [0.3, 0.4) is 0 Å². The first-order valence-corrected chi connectivity index (χ1v) is 12.9. The number of thioether (sulfide) groups is 1. The summed E-state index contributed by atoms with van der Waals surface area (Å²) in [7, 11) is 0. The quantitative estimate of drug-likeness (QED) is 0.260. The van der Waals surface area contributed by atoms with Crippen molar-refractivity contribution in [2.24, 2.45) is 0 Å². The molecule has 2 N–H and O–H groups in total. The van der Waals surface area contributed by atoms with Crippen LogP contribution in [0.25, 0.3) is 10.9 Å². The van der Waals surface area contributed by atoms with E-state index in [1.165, 1.54) is 11.8 Å². The first kappa shape index (κ1) is 24.1. The van der Waals surface area contributed by atoms with Crippen molar-refractivity contribution >= 4 is 51.8 Å². The van der Waals surface area contributed by atoms with Crippen molar-refractivity contribution in [1.82, 2.24) is 14.9 Å². The average molecular weight is 519 g/mol. The van der Waals surface area contributed by atoms with Gasteiger partial charge in [-0.25, -0.2) is 4.98 Å². The van der Waals surface area contributed by atoms with Crippen molar-refractivity contribution in [2.75, 3.05) is 11.1 Å². The molecule has 0 spiro atoms. The van der Waals surface area contributed by atoms with Gasteiger partial charge in [-0.3, -0.25) is 19.0 Å². The topological polar surface area (TPSA) is 93.1 Å². The zero-order valence-corrected chi connectivity index (χ0v) is 20.8. The van der Waals surface area contributed by atoms with E-state index < -0.39 is 0 Å². The van der Waals surface area contributed by atoms with E-state index in [0.29, 0.717) is 32.3 Å². The second kappa shape index (κ2) is 10.6. The number of anilines is 1. The molecule has 0 radical (unpaired) electrons. The Morgan fingerprint density at radius 1 is 1.00 bits per heavy atom. The molecule has 9 heteroatoms. The number of halogens is 1. The molecule has 1 heterocycles. The molecule has 5 rings (SSSR count). The SMILES string of the molecule is O=C(CSc1nc2ccccc2c(=O)n1Cc1ccc(C(=O)NC2CC2)cc1)Nc1ccc(Cl)cc1. The molecule has 1 aliphatic rings. The van der Waals surface area contributed by atoms with Crippen LogP contribution in [0.4, 0.5) is 5.69 Å². The Kier molecular flexibility index (Phi) is 7.06. The first-order valence-electron chi connectivity index (χ1n) is 11.5. The van der Waals surface area contributed by atoms with E-state index in [-0.39, 0.29) is 35.7 Å². The molecule has 1 aromatic heterocycles. The lowest BCUT2D eigenvalue weighted by atomic mass is 10.1. The van der Waals surface area contributed by atoms with Crippen LogP contribution in [-0.4, -0.2) is 33.2 Å². The third-order valence-electron chi connectivity index (χ3n) is 5.76. The first-order chi connectivity index (χ1) is 17.5. The molecule has 1 aliphatic carbocycles.